The molecule has 3 aliphatic heterocycles. The molecule has 0 aromatic heterocycles. The number of likely N-dealkylation sites (N-methyl/N-ethyl adjacent to an activating group) is 1. The van der Waals surface area contributed by atoms with Gasteiger partial charge in [0.1, 0.15) is 11.5 Å². The molecule has 2 atom stereocenters. The van der Waals surface area contributed by atoms with Crippen LogP contribution in [0.5, 0.6) is 11.5 Å². The van der Waals surface area contributed by atoms with Gasteiger partial charge in [-0.25, -0.2) is 9.79 Å². The molecule has 2 aromatic carbocycles. The van der Waals surface area contributed by atoms with Crippen LogP contribution in [0.3, 0.4) is 0 Å². The quantitative estimate of drug-likeness (QED) is 0.883. The van der Waals surface area contributed by atoms with E-state index in [0.29, 0.717) is 6.54 Å². The highest BCUT2D eigenvalue weighted by atomic mass is 16.5. The molecule has 2 fully saturated rings. The molecule has 28 heavy (non-hydrogen) atoms. The lowest BCUT2D eigenvalue weighted by molar-refractivity contribution is -0.126. The first-order chi connectivity index (χ1) is 13.6. The number of nitrogens with one attached hydrogen (secondary N) is 1. The fourth-order valence-electron chi connectivity index (χ4n) is 3.85. The molecule has 0 spiro atoms. The third-order valence-electron chi connectivity index (χ3n) is 5.27. The molecule has 3 heterocycles. The Kier molecular flexibility index (Phi) is 3.71. The highest BCUT2D eigenvalue weighted by Crippen LogP contribution is 2.32. The number of amides is 3. The summed E-state index contributed by atoms with van der Waals surface area (Å²) in [5, 5.41) is 2.40. The number of aliphatic imine (C=N–C) groups is 1. The number of hydrogen-bond acceptors (Lipinski definition) is 6. The summed E-state index contributed by atoms with van der Waals surface area (Å²) < 4.78 is 5.84. The average Bonchev–Trinajstić information content (AvgIpc) is 3.27. The Morgan fingerprint density at radius 3 is 2.46 bits per heavy atom. The number of fused-ring (bicyclic) bond motifs is 3. The minimum Gasteiger partial charge on any atom is -0.457 e. The summed E-state index contributed by atoms with van der Waals surface area (Å²) in [5.41, 5.74) is 0.967. The summed E-state index contributed by atoms with van der Waals surface area (Å²) >= 11 is 0. The highest BCUT2D eigenvalue weighted by Gasteiger charge is 2.51. The Morgan fingerprint density at radius 2 is 1.71 bits per heavy atom. The van der Waals surface area contributed by atoms with Crippen LogP contribution in [0.1, 0.15) is 0 Å². The molecule has 2 aromatic rings. The Morgan fingerprint density at radius 1 is 1.00 bits per heavy atom. The smallest absolute Gasteiger partial charge is 0.325 e. The van der Waals surface area contributed by atoms with Crippen molar-refractivity contribution < 1.29 is 14.3 Å². The van der Waals surface area contributed by atoms with Gasteiger partial charge < -0.3 is 19.4 Å². The SMILES string of the molecule is CN1C(=O)NC(=O)C2C1N=C1N(c3ccc(Oc4ccccc4)cc3)CCN12. The zero-order chi connectivity index (χ0) is 19.3. The van der Waals surface area contributed by atoms with Gasteiger partial charge in [0.05, 0.1) is 0 Å². The van der Waals surface area contributed by atoms with E-state index in [4.69, 9.17) is 4.74 Å². The maximum Gasteiger partial charge on any atom is 0.325 e. The summed E-state index contributed by atoms with van der Waals surface area (Å²) in [6, 6.07) is 16.5. The predicted molar refractivity (Wildman–Crippen MR) is 103 cm³/mol. The molecule has 2 unspecified atom stereocenters. The monoisotopic (exact) mass is 377 g/mol. The number of carbonyl (C=O) groups excluding carboxylic acids is 2. The van der Waals surface area contributed by atoms with Crippen LogP contribution in [0.15, 0.2) is 59.6 Å². The number of benzene rings is 2. The van der Waals surface area contributed by atoms with Gasteiger partial charge in [0, 0.05) is 25.8 Å². The molecule has 5 rings (SSSR count). The van der Waals surface area contributed by atoms with Gasteiger partial charge in [-0.1, -0.05) is 18.2 Å². The van der Waals surface area contributed by atoms with Crippen molar-refractivity contribution in [3.05, 3.63) is 54.6 Å². The first-order valence-electron chi connectivity index (χ1n) is 9.14. The van der Waals surface area contributed by atoms with Gasteiger partial charge in [0.25, 0.3) is 5.91 Å². The Balaban J connectivity index is 1.38. The second-order valence-corrected chi connectivity index (χ2v) is 6.95. The number of nitrogens with zero attached hydrogens (tertiary/aromatic N) is 4. The average molecular weight is 377 g/mol. The molecular formula is C20H19N5O3. The van der Waals surface area contributed by atoms with E-state index in [-0.39, 0.29) is 5.91 Å². The lowest BCUT2D eigenvalue weighted by Gasteiger charge is -2.34. The van der Waals surface area contributed by atoms with Crippen LogP contribution < -0.4 is 15.0 Å². The van der Waals surface area contributed by atoms with Gasteiger partial charge in [-0.15, -0.1) is 0 Å². The second kappa shape index (κ2) is 6.26. The lowest BCUT2D eigenvalue weighted by Crippen LogP contribution is -2.63. The predicted octanol–water partition coefficient (Wildman–Crippen LogP) is 1.85. The third-order valence-corrected chi connectivity index (χ3v) is 5.27. The van der Waals surface area contributed by atoms with Crippen LogP contribution in [-0.2, 0) is 4.79 Å². The van der Waals surface area contributed by atoms with E-state index in [9.17, 15) is 9.59 Å². The number of ether oxygens (including phenoxy) is 1. The number of rotatable bonds is 3. The maximum atomic E-state index is 12.3. The maximum absolute atomic E-state index is 12.3. The number of hydrogen-bond donors (Lipinski definition) is 1. The van der Waals surface area contributed by atoms with Crippen LogP contribution in [0.25, 0.3) is 0 Å². The number of anilines is 1. The van der Waals surface area contributed by atoms with Gasteiger partial charge in [-0.3, -0.25) is 10.1 Å². The van der Waals surface area contributed by atoms with Crippen molar-refractivity contribution in [1.29, 1.82) is 0 Å². The van der Waals surface area contributed by atoms with Crippen molar-refractivity contribution in [2.75, 3.05) is 25.0 Å². The van der Waals surface area contributed by atoms with Crippen LogP contribution in [-0.4, -0.2) is 60.0 Å². The van der Waals surface area contributed by atoms with E-state index in [1.807, 2.05) is 59.5 Å². The van der Waals surface area contributed by atoms with Gasteiger partial charge in [-0.05, 0) is 36.4 Å². The van der Waals surface area contributed by atoms with Crippen LogP contribution in [0.2, 0.25) is 0 Å². The standard InChI is InChI=1S/C20H19N5O3/c1-23-17-16(18(26)22-20(23)27)25-12-11-24(19(25)21-17)13-7-9-15(10-8-13)28-14-5-3-2-4-6-14/h2-10,16-17H,11-12H2,1H3,(H,22,26,27). The summed E-state index contributed by atoms with van der Waals surface area (Å²) in [4.78, 5) is 34.4. The van der Waals surface area contributed by atoms with Crippen molar-refractivity contribution in [3.63, 3.8) is 0 Å². The van der Waals surface area contributed by atoms with Crippen molar-refractivity contribution in [3.8, 4) is 11.5 Å². The molecule has 0 saturated carbocycles. The molecule has 0 aliphatic carbocycles. The highest BCUT2D eigenvalue weighted by molar-refractivity contribution is 6.07. The second-order valence-electron chi connectivity index (χ2n) is 6.95. The van der Waals surface area contributed by atoms with Gasteiger partial charge in [0.2, 0.25) is 5.96 Å². The van der Waals surface area contributed by atoms with Crippen molar-refractivity contribution in [1.82, 2.24) is 15.1 Å². The normalized spacial score (nSPS) is 23.3. The summed E-state index contributed by atoms with van der Waals surface area (Å²) in [5.74, 6) is 1.96. The van der Waals surface area contributed by atoms with Crippen molar-refractivity contribution in [2.24, 2.45) is 4.99 Å². The molecule has 8 nitrogen and oxygen atoms in total. The number of para-hydroxylation sites is 1. The molecular weight excluding hydrogens is 358 g/mol. The van der Waals surface area contributed by atoms with E-state index in [0.717, 1.165) is 29.7 Å². The van der Waals surface area contributed by atoms with E-state index in [1.165, 1.54) is 4.90 Å². The van der Waals surface area contributed by atoms with E-state index in [2.05, 4.69) is 15.2 Å². The molecule has 2 saturated heterocycles. The summed E-state index contributed by atoms with van der Waals surface area (Å²) in [6.07, 6.45) is -0.486. The van der Waals surface area contributed by atoms with Gasteiger partial charge in [-0.2, -0.15) is 0 Å². The molecule has 0 radical (unpaired) electrons. The Bertz CT molecular complexity index is 960. The first-order valence-corrected chi connectivity index (χ1v) is 9.14. The molecule has 3 aliphatic rings. The largest absolute Gasteiger partial charge is 0.457 e. The minimum atomic E-state index is -0.486. The Labute approximate surface area is 162 Å². The fourth-order valence-corrected chi connectivity index (χ4v) is 3.85. The van der Waals surface area contributed by atoms with E-state index >= 15 is 0 Å². The number of carbonyl (C=O) groups is 2. The van der Waals surface area contributed by atoms with Crippen LogP contribution >= 0.6 is 0 Å². The number of guanidine groups is 1. The zero-order valence-electron chi connectivity index (χ0n) is 15.3. The Hall–Kier alpha value is -3.55. The number of imide groups is 1. The lowest BCUT2D eigenvalue weighted by atomic mass is 10.1. The summed E-state index contributed by atoms with van der Waals surface area (Å²) in [6.45, 7) is 1.41. The fraction of sp³-hybridized carbons (Fsp3) is 0.250. The van der Waals surface area contributed by atoms with E-state index in [1.54, 1.807) is 7.05 Å². The molecule has 3 amide bonds. The topological polar surface area (TPSA) is 77.5 Å². The summed E-state index contributed by atoms with van der Waals surface area (Å²) in [7, 11) is 1.66. The van der Waals surface area contributed by atoms with E-state index < -0.39 is 18.2 Å². The van der Waals surface area contributed by atoms with Crippen LogP contribution in [0, 0.1) is 0 Å². The minimum absolute atomic E-state index is 0.291. The van der Waals surface area contributed by atoms with Crippen LogP contribution in [0.4, 0.5) is 10.5 Å². The first kappa shape index (κ1) is 16.6. The molecule has 8 heteroatoms. The molecule has 0 bridgehead atoms. The van der Waals surface area contributed by atoms with Gasteiger partial charge in [0.15, 0.2) is 12.2 Å². The zero-order valence-corrected chi connectivity index (χ0v) is 15.3. The molecule has 1 N–H and O–H groups in total. The number of urea groups is 1. The van der Waals surface area contributed by atoms with Crippen molar-refractivity contribution >= 4 is 23.6 Å². The van der Waals surface area contributed by atoms with Gasteiger partial charge >= 0.3 is 6.03 Å². The third kappa shape index (κ3) is 2.57. The molecule has 142 valence electrons. The van der Waals surface area contributed by atoms with Crippen molar-refractivity contribution in [2.45, 2.75) is 12.2 Å².